The molecule has 1 rings (SSSR count). The van der Waals surface area contributed by atoms with E-state index in [4.69, 9.17) is 16.3 Å². The molecule has 1 unspecified atom stereocenters. The normalized spacial score (nSPS) is 13.0. The third kappa shape index (κ3) is 3.47. The fraction of sp³-hybridized carbons (Fsp3) is 0.727. The molecule has 0 aromatic carbocycles. The van der Waals surface area contributed by atoms with Crippen LogP contribution in [0.15, 0.2) is 6.20 Å². The van der Waals surface area contributed by atoms with E-state index in [-0.39, 0.29) is 6.61 Å². The highest BCUT2D eigenvalue weighted by Gasteiger charge is 2.17. The second kappa shape index (κ2) is 6.89. The minimum atomic E-state index is -0.701. The van der Waals surface area contributed by atoms with Gasteiger partial charge >= 0.3 is 0 Å². The molecule has 0 saturated carbocycles. The van der Waals surface area contributed by atoms with Gasteiger partial charge in [-0.25, -0.2) is 0 Å². The topological polar surface area (TPSA) is 47.3 Å². The number of hydrogen-bond donors (Lipinski definition) is 1. The zero-order valence-electron chi connectivity index (χ0n) is 9.82. The summed E-state index contributed by atoms with van der Waals surface area (Å²) in [6, 6.07) is 0. The molecule has 0 aliphatic heterocycles. The van der Waals surface area contributed by atoms with Gasteiger partial charge in [0.1, 0.15) is 6.10 Å². The number of aromatic nitrogens is 2. The van der Waals surface area contributed by atoms with Crippen molar-refractivity contribution in [2.24, 2.45) is 0 Å². The Labute approximate surface area is 101 Å². The summed E-state index contributed by atoms with van der Waals surface area (Å²) in [6.45, 7) is 5.76. The summed E-state index contributed by atoms with van der Waals surface area (Å²) in [4.78, 5) is 0. The van der Waals surface area contributed by atoms with Crippen LogP contribution in [0.5, 0.6) is 0 Å². The lowest BCUT2D eigenvalue weighted by Gasteiger charge is -2.13. The molecule has 0 saturated heterocycles. The SMILES string of the molecule is CCCOCC(O)c1c(Cl)cnn1CCC. The Hall–Kier alpha value is -0.580. The van der Waals surface area contributed by atoms with Crippen molar-refractivity contribution in [3.05, 3.63) is 16.9 Å². The van der Waals surface area contributed by atoms with Crippen molar-refractivity contribution in [3.63, 3.8) is 0 Å². The maximum Gasteiger partial charge on any atom is 0.120 e. The first-order valence-corrected chi connectivity index (χ1v) is 6.05. The van der Waals surface area contributed by atoms with Gasteiger partial charge in [-0.1, -0.05) is 25.4 Å². The van der Waals surface area contributed by atoms with Crippen LogP contribution in [0.4, 0.5) is 0 Å². The van der Waals surface area contributed by atoms with Gasteiger partial charge in [-0.15, -0.1) is 0 Å². The molecule has 0 aliphatic carbocycles. The molecule has 0 aliphatic rings. The predicted octanol–water partition coefficient (Wildman–Crippen LogP) is 2.41. The second-order valence-corrected chi connectivity index (χ2v) is 4.10. The van der Waals surface area contributed by atoms with Gasteiger partial charge in [-0.2, -0.15) is 5.10 Å². The summed E-state index contributed by atoms with van der Waals surface area (Å²) in [5.74, 6) is 0. The maximum absolute atomic E-state index is 9.95. The van der Waals surface area contributed by atoms with Crippen molar-refractivity contribution in [3.8, 4) is 0 Å². The Morgan fingerprint density at radius 3 is 2.88 bits per heavy atom. The molecule has 0 amide bonds. The van der Waals surface area contributed by atoms with Gasteiger partial charge in [-0.3, -0.25) is 4.68 Å². The Morgan fingerprint density at radius 1 is 1.50 bits per heavy atom. The van der Waals surface area contributed by atoms with Crippen LogP contribution in [0.3, 0.4) is 0 Å². The van der Waals surface area contributed by atoms with Crippen molar-refractivity contribution in [1.82, 2.24) is 9.78 Å². The standard InChI is InChI=1S/C11H19ClN2O2/c1-3-5-14-11(9(12)7-13-14)10(15)8-16-6-4-2/h7,10,15H,3-6,8H2,1-2H3. The van der Waals surface area contributed by atoms with Gasteiger partial charge in [-0.05, 0) is 12.8 Å². The summed E-state index contributed by atoms with van der Waals surface area (Å²) < 4.78 is 7.05. The van der Waals surface area contributed by atoms with E-state index >= 15 is 0 Å². The molecule has 4 nitrogen and oxygen atoms in total. The Bertz CT molecular complexity index is 315. The fourth-order valence-corrected chi connectivity index (χ4v) is 1.78. The van der Waals surface area contributed by atoms with E-state index in [1.165, 1.54) is 0 Å². The first kappa shape index (κ1) is 13.5. The molecule has 1 atom stereocenters. The summed E-state index contributed by atoms with van der Waals surface area (Å²) in [5.41, 5.74) is 0.652. The van der Waals surface area contributed by atoms with Crippen LogP contribution < -0.4 is 0 Å². The van der Waals surface area contributed by atoms with Crippen molar-refractivity contribution >= 4 is 11.6 Å². The highest BCUT2D eigenvalue weighted by atomic mass is 35.5. The molecule has 0 bridgehead atoms. The number of aryl methyl sites for hydroxylation is 1. The van der Waals surface area contributed by atoms with Crippen LogP contribution >= 0.6 is 11.6 Å². The molecule has 0 fully saturated rings. The van der Waals surface area contributed by atoms with Crippen molar-refractivity contribution in [1.29, 1.82) is 0 Å². The van der Waals surface area contributed by atoms with Crippen molar-refractivity contribution < 1.29 is 9.84 Å². The minimum absolute atomic E-state index is 0.267. The van der Waals surface area contributed by atoms with Gasteiger partial charge in [0, 0.05) is 13.2 Å². The molecule has 5 heteroatoms. The van der Waals surface area contributed by atoms with Gasteiger partial charge in [0.05, 0.1) is 23.5 Å². The first-order chi connectivity index (χ1) is 7.70. The molecule has 1 heterocycles. The molecule has 92 valence electrons. The highest BCUT2D eigenvalue weighted by Crippen LogP contribution is 2.23. The number of rotatable bonds is 7. The number of aliphatic hydroxyl groups is 1. The average molecular weight is 247 g/mol. The maximum atomic E-state index is 9.95. The zero-order valence-corrected chi connectivity index (χ0v) is 10.6. The van der Waals surface area contributed by atoms with Crippen LogP contribution in [0.1, 0.15) is 38.5 Å². The number of halogens is 1. The Kier molecular flexibility index (Phi) is 5.80. The predicted molar refractivity (Wildman–Crippen MR) is 63.6 cm³/mol. The van der Waals surface area contributed by atoms with E-state index in [9.17, 15) is 5.11 Å². The third-order valence-electron chi connectivity index (χ3n) is 2.21. The number of ether oxygens (including phenoxy) is 1. The first-order valence-electron chi connectivity index (χ1n) is 5.67. The van der Waals surface area contributed by atoms with E-state index in [1.54, 1.807) is 10.9 Å². The zero-order chi connectivity index (χ0) is 12.0. The van der Waals surface area contributed by atoms with Crippen LogP contribution in [0.2, 0.25) is 5.02 Å². The monoisotopic (exact) mass is 246 g/mol. The van der Waals surface area contributed by atoms with Crippen LogP contribution in [-0.4, -0.2) is 28.1 Å². The molecule has 0 spiro atoms. The van der Waals surface area contributed by atoms with Gasteiger partial charge in [0.25, 0.3) is 0 Å². The molecule has 0 radical (unpaired) electrons. The quantitative estimate of drug-likeness (QED) is 0.752. The van der Waals surface area contributed by atoms with E-state index in [1.807, 2.05) is 6.92 Å². The van der Waals surface area contributed by atoms with Crippen molar-refractivity contribution in [2.45, 2.75) is 39.3 Å². The lowest BCUT2D eigenvalue weighted by Crippen LogP contribution is -2.14. The molecular formula is C11H19ClN2O2. The Morgan fingerprint density at radius 2 is 2.25 bits per heavy atom. The van der Waals surface area contributed by atoms with Gasteiger partial charge in [0.2, 0.25) is 0 Å². The molecular weight excluding hydrogens is 228 g/mol. The van der Waals surface area contributed by atoms with Gasteiger partial charge < -0.3 is 9.84 Å². The number of aliphatic hydroxyl groups excluding tert-OH is 1. The number of hydrogen-bond acceptors (Lipinski definition) is 3. The van der Waals surface area contributed by atoms with Gasteiger partial charge in [0.15, 0.2) is 0 Å². The van der Waals surface area contributed by atoms with Crippen LogP contribution in [0.25, 0.3) is 0 Å². The molecule has 1 aromatic heterocycles. The average Bonchev–Trinajstić information content (AvgIpc) is 2.61. The van der Waals surface area contributed by atoms with E-state index < -0.39 is 6.10 Å². The smallest absolute Gasteiger partial charge is 0.120 e. The fourth-order valence-electron chi connectivity index (χ4n) is 1.51. The summed E-state index contributed by atoms with van der Waals surface area (Å²) in [5, 5.41) is 14.6. The third-order valence-corrected chi connectivity index (χ3v) is 2.50. The minimum Gasteiger partial charge on any atom is -0.384 e. The lowest BCUT2D eigenvalue weighted by molar-refractivity contribution is 0.0318. The number of nitrogens with zero attached hydrogens (tertiary/aromatic N) is 2. The summed E-state index contributed by atoms with van der Waals surface area (Å²) in [6.07, 6.45) is 2.76. The van der Waals surface area contributed by atoms with E-state index in [0.29, 0.717) is 17.3 Å². The van der Waals surface area contributed by atoms with E-state index in [2.05, 4.69) is 12.0 Å². The second-order valence-electron chi connectivity index (χ2n) is 3.69. The summed E-state index contributed by atoms with van der Waals surface area (Å²) in [7, 11) is 0. The molecule has 1 aromatic rings. The van der Waals surface area contributed by atoms with E-state index in [0.717, 1.165) is 19.4 Å². The summed E-state index contributed by atoms with van der Waals surface area (Å²) >= 11 is 5.99. The lowest BCUT2D eigenvalue weighted by atomic mass is 10.2. The van der Waals surface area contributed by atoms with Crippen molar-refractivity contribution in [2.75, 3.05) is 13.2 Å². The van der Waals surface area contributed by atoms with Crippen LogP contribution in [0, 0.1) is 0 Å². The largest absolute Gasteiger partial charge is 0.384 e. The Balaban J connectivity index is 2.65. The highest BCUT2D eigenvalue weighted by molar-refractivity contribution is 6.31. The van der Waals surface area contributed by atoms with Crippen LogP contribution in [-0.2, 0) is 11.3 Å². The molecule has 1 N–H and O–H groups in total. The molecule has 16 heavy (non-hydrogen) atoms.